The highest BCUT2D eigenvalue weighted by atomic mass is 16.4. The van der Waals surface area contributed by atoms with Crippen molar-refractivity contribution in [2.24, 2.45) is 0 Å². The Morgan fingerprint density at radius 2 is 1.84 bits per heavy atom. The molecule has 1 aliphatic heterocycles. The molecular formula is C15H17NO3. The highest BCUT2D eigenvalue weighted by Gasteiger charge is 2.20. The molecule has 0 spiro atoms. The number of piperidine rings is 1. The molecule has 1 fully saturated rings. The predicted molar refractivity (Wildman–Crippen MR) is 72.1 cm³/mol. The minimum atomic E-state index is -0.990. The van der Waals surface area contributed by atoms with Gasteiger partial charge in [-0.15, -0.1) is 0 Å². The summed E-state index contributed by atoms with van der Waals surface area (Å²) in [4.78, 5) is 25.0. The Morgan fingerprint density at radius 1 is 1.21 bits per heavy atom. The summed E-state index contributed by atoms with van der Waals surface area (Å²) in [7, 11) is 0. The summed E-state index contributed by atoms with van der Waals surface area (Å²) in [6, 6.07) is 6.66. The molecular weight excluding hydrogens is 242 g/mol. The molecule has 0 unspecified atom stereocenters. The van der Waals surface area contributed by atoms with Crippen LogP contribution < -0.4 is 0 Å². The fourth-order valence-corrected chi connectivity index (χ4v) is 2.23. The molecule has 1 aromatic carbocycles. The lowest BCUT2D eigenvalue weighted by Gasteiger charge is -2.28. The summed E-state index contributed by atoms with van der Waals surface area (Å²) in [6.45, 7) is 5.29. The zero-order chi connectivity index (χ0) is 13.8. The van der Waals surface area contributed by atoms with Gasteiger partial charge >= 0.3 is 5.97 Å². The summed E-state index contributed by atoms with van der Waals surface area (Å²) in [5.74, 6) is -1.00. The SMILES string of the molecule is C=C1CCN(C(=O)Cc2ccccc2C(=O)O)CC1. The van der Waals surface area contributed by atoms with Crippen molar-refractivity contribution in [2.75, 3.05) is 13.1 Å². The van der Waals surface area contributed by atoms with Crippen LogP contribution in [0.1, 0.15) is 28.8 Å². The molecule has 0 radical (unpaired) electrons. The largest absolute Gasteiger partial charge is 0.478 e. The lowest BCUT2D eigenvalue weighted by Crippen LogP contribution is -2.37. The topological polar surface area (TPSA) is 57.6 Å². The van der Waals surface area contributed by atoms with Crippen LogP contribution >= 0.6 is 0 Å². The van der Waals surface area contributed by atoms with Gasteiger partial charge in [0, 0.05) is 13.1 Å². The Kier molecular flexibility index (Phi) is 4.00. The third kappa shape index (κ3) is 3.22. The van der Waals surface area contributed by atoms with E-state index in [-0.39, 0.29) is 17.9 Å². The molecule has 0 aromatic heterocycles. The second-order valence-electron chi connectivity index (χ2n) is 4.77. The van der Waals surface area contributed by atoms with Crippen LogP contribution in [0.25, 0.3) is 0 Å². The molecule has 100 valence electrons. The van der Waals surface area contributed by atoms with E-state index in [2.05, 4.69) is 6.58 Å². The molecule has 1 saturated heterocycles. The molecule has 1 aliphatic rings. The van der Waals surface area contributed by atoms with Crippen LogP contribution in [0.3, 0.4) is 0 Å². The zero-order valence-electron chi connectivity index (χ0n) is 10.8. The van der Waals surface area contributed by atoms with Crippen molar-refractivity contribution >= 4 is 11.9 Å². The second-order valence-corrected chi connectivity index (χ2v) is 4.77. The van der Waals surface area contributed by atoms with Crippen LogP contribution in [0.2, 0.25) is 0 Å². The normalized spacial score (nSPS) is 15.4. The minimum absolute atomic E-state index is 0.0128. The van der Waals surface area contributed by atoms with Crippen molar-refractivity contribution in [3.05, 3.63) is 47.5 Å². The Hall–Kier alpha value is -2.10. The van der Waals surface area contributed by atoms with Gasteiger partial charge in [0.2, 0.25) is 5.91 Å². The van der Waals surface area contributed by atoms with Gasteiger partial charge in [-0.1, -0.05) is 30.4 Å². The standard InChI is InChI=1S/C15H17NO3/c1-11-6-8-16(9-7-11)14(17)10-12-4-2-3-5-13(12)15(18)19/h2-5H,1,6-10H2,(H,18,19). The summed E-state index contributed by atoms with van der Waals surface area (Å²) < 4.78 is 0. The molecule has 1 amide bonds. The quantitative estimate of drug-likeness (QED) is 0.846. The first-order valence-electron chi connectivity index (χ1n) is 6.33. The lowest BCUT2D eigenvalue weighted by atomic mass is 10.0. The Bertz CT molecular complexity index is 512. The predicted octanol–water partition coefficient (Wildman–Crippen LogP) is 2.11. The number of hydrogen-bond donors (Lipinski definition) is 1. The van der Waals surface area contributed by atoms with Crippen LogP contribution in [-0.2, 0) is 11.2 Å². The van der Waals surface area contributed by atoms with E-state index in [0.29, 0.717) is 18.7 Å². The van der Waals surface area contributed by atoms with E-state index < -0.39 is 5.97 Å². The molecule has 4 nitrogen and oxygen atoms in total. The van der Waals surface area contributed by atoms with Gasteiger partial charge in [-0.05, 0) is 24.5 Å². The van der Waals surface area contributed by atoms with Gasteiger partial charge in [-0.25, -0.2) is 4.79 Å². The molecule has 0 aliphatic carbocycles. The Morgan fingerprint density at radius 3 is 2.47 bits per heavy atom. The number of carboxylic acids is 1. The number of likely N-dealkylation sites (tertiary alicyclic amines) is 1. The number of rotatable bonds is 3. The van der Waals surface area contributed by atoms with E-state index in [4.69, 9.17) is 5.11 Å². The first-order chi connectivity index (χ1) is 9.08. The number of benzene rings is 1. The molecule has 1 heterocycles. The lowest BCUT2D eigenvalue weighted by molar-refractivity contribution is -0.130. The van der Waals surface area contributed by atoms with Crippen molar-refractivity contribution in [3.63, 3.8) is 0 Å². The molecule has 1 N–H and O–H groups in total. The molecule has 4 heteroatoms. The van der Waals surface area contributed by atoms with Gasteiger partial charge in [-0.3, -0.25) is 4.79 Å². The molecule has 1 aromatic rings. The van der Waals surface area contributed by atoms with Gasteiger partial charge in [0.25, 0.3) is 0 Å². The highest BCUT2D eigenvalue weighted by molar-refractivity contribution is 5.91. The number of carbonyl (C=O) groups excluding carboxylic acids is 1. The van der Waals surface area contributed by atoms with Gasteiger partial charge in [0.1, 0.15) is 0 Å². The maximum Gasteiger partial charge on any atom is 0.335 e. The first kappa shape index (κ1) is 13.3. The molecule has 2 rings (SSSR count). The van der Waals surface area contributed by atoms with Crippen LogP contribution in [-0.4, -0.2) is 35.0 Å². The summed E-state index contributed by atoms with van der Waals surface area (Å²) >= 11 is 0. The van der Waals surface area contributed by atoms with Gasteiger partial charge in [-0.2, -0.15) is 0 Å². The third-order valence-corrected chi connectivity index (χ3v) is 3.41. The number of nitrogens with zero attached hydrogens (tertiary/aromatic N) is 1. The maximum atomic E-state index is 12.2. The van der Waals surface area contributed by atoms with Crippen LogP contribution in [0.15, 0.2) is 36.4 Å². The monoisotopic (exact) mass is 259 g/mol. The van der Waals surface area contributed by atoms with E-state index in [1.807, 2.05) is 0 Å². The number of amides is 1. The maximum absolute atomic E-state index is 12.2. The first-order valence-corrected chi connectivity index (χ1v) is 6.33. The van der Waals surface area contributed by atoms with Crippen molar-refractivity contribution in [2.45, 2.75) is 19.3 Å². The molecule has 19 heavy (non-hydrogen) atoms. The zero-order valence-corrected chi connectivity index (χ0v) is 10.8. The summed E-state index contributed by atoms with van der Waals surface area (Å²) in [5, 5.41) is 9.09. The minimum Gasteiger partial charge on any atom is -0.478 e. The highest BCUT2D eigenvalue weighted by Crippen LogP contribution is 2.16. The average molecular weight is 259 g/mol. The Balaban J connectivity index is 2.07. The van der Waals surface area contributed by atoms with Gasteiger partial charge in [0.15, 0.2) is 0 Å². The fraction of sp³-hybridized carbons (Fsp3) is 0.333. The Labute approximate surface area is 112 Å². The third-order valence-electron chi connectivity index (χ3n) is 3.41. The van der Waals surface area contributed by atoms with Crippen LogP contribution in [0.5, 0.6) is 0 Å². The second kappa shape index (κ2) is 5.69. The number of hydrogen-bond acceptors (Lipinski definition) is 2. The van der Waals surface area contributed by atoms with Gasteiger partial charge in [0.05, 0.1) is 12.0 Å². The van der Waals surface area contributed by atoms with Crippen molar-refractivity contribution in [1.29, 1.82) is 0 Å². The van der Waals surface area contributed by atoms with Crippen molar-refractivity contribution < 1.29 is 14.7 Å². The van der Waals surface area contributed by atoms with Crippen molar-refractivity contribution in [3.8, 4) is 0 Å². The molecule has 0 bridgehead atoms. The van der Waals surface area contributed by atoms with Crippen LogP contribution in [0.4, 0.5) is 0 Å². The van der Waals surface area contributed by atoms with E-state index >= 15 is 0 Å². The molecule has 0 atom stereocenters. The number of carbonyl (C=O) groups is 2. The van der Waals surface area contributed by atoms with Gasteiger partial charge < -0.3 is 10.0 Å². The molecule has 0 saturated carbocycles. The summed E-state index contributed by atoms with van der Waals surface area (Å²) in [5.41, 5.74) is 1.96. The summed E-state index contributed by atoms with van der Waals surface area (Å²) in [6.07, 6.45) is 1.83. The average Bonchev–Trinajstić information content (AvgIpc) is 2.39. The van der Waals surface area contributed by atoms with E-state index in [1.54, 1.807) is 23.1 Å². The van der Waals surface area contributed by atoms with E-state index in [0.717, 1.165) is 12.8 Å². The number of aromatic carboxylic acids is 1. The van der Waals surface area contributed by atoms with E-state index in [1.165, 1.54) is 11.6 Å². The smallest absolute Gasteiger partial charge is 0.335 e. The fourth-order valence-electron chi connectivity index (χ4n) is 2.23. The van der Waals surface area contributed by atoms with Crippen molar-refractivity contribution in [1.82, 2.24) is 4.90 Å². The van der Waals surface area contributed by atoms with E-state index in [9.17, 15) is 9.59 Å². The number of carboxylic acid groups (broad SMARTS) is 1. The van der Waals surface area contributed by atoms with Crippen LogP contribution in [0, 0.1) is 0 Å².